The van der Waals surface area contributed by atoms with Gasteiger partial charge in [0.1, 0.15) is 0 Å². The van der Waals surface area contributed by atoms with Crippen LogP contribution in [-0.2, 0) is 4.79 Å². The molecule has 0 bridgehead atoms. The second-order valence-corrected chi connectivity index (χ2v) is 3.15. The van der Waals surface area contributed by atoms with Crippen molar-refractivity contribution in [1.82, 2.24) is 10.6 Å². The number of nitrogens with one attached hydrogen (secondary N) is 2. The van der Waals surface area contributed by atoms with Gasteiger partial charge in [0, 0.05) is 11.0 Å². The second kappa shape index (κ2) is 5.73. The van der Waals surface area contributed by atoms with Crippen molar-refractivity contribution in [3.05, 3.63) is 11.1 Å². The first kappa shape index (κ1) is 11.1. The Morgan fingerprint density at radius 2 is 2.00 bits per heavy atom. The Labute approximate surface area is 78.5 Å². The van der Waals surface area contributed by atoms with Crippen molar-refractivity contribution >= 4 is 27.9 Å². The standard InChI is InChI=1S/C6H10BrN3O2/c1-4(7)2-9-3-5(11)10-6(8)12/h9H,1-3H2,(H3,8,10,11,12). The van der Waals surface area contributed by atoms with Gasteiger partial charge in [-0.15, -0.1) is 0 Å². The zero-order valence-corrected chi connectivity index (χ0v) is 7.98. The lowest BCUT2D eigenvalue weighted by Crippen LogP contribution is -2.40. The van der Waals surface area contributed by atoms with Crippen molar-refractivity contribution in [2.45, 2.75) is 0 Å². The molecule has 0 aliphatic rings. The largest absolute Gasteiger partial charge is 0.351 e. The van der Waals surface area contributed by atoms with Gasteiger partial charge in [0.05, 0.1) is 6.54 Å². The lowest BCUT2D eigenvalue weighted by Gasteiger charge is -2.01. The van der Waals surface area contributed by atoms with Gasteiger partial charge in [0.15, 0.2) is 0 Å². The molecule has 5 nitrogen and oxygen atoms in total. The SMILES string of the molecule is C=C(Br)CNCC(=O)NC(N)=O. The van der Waals surface area contributed by atoms with Gasteiger partial charge in [0.25, 0.3) is 0 Å². The number of urea groups is 1. The Morgan fingerprint density at radius 3 is 2.42 bits per heavy atom. The predicted molar refractivity (Wildman–Crippen MR) is 48.7 cm³/mol. The number of hydrogen-bond acceptors (Lipinski definition) is 3. The minimum absolute atomic E-state index is 0.0353. The van der Waals surface area contributed by atoms with Gasteiger partial charge in [-0.2, -0.15) is 0 Å². The molecular formula is C6H10BrN3O2. The topological polar surface area (TPSA) is 84.2 Å². The smallest absolute Gasteiger partial charge is 0.318 e. The number of carbonyl (C=O) groups is 2. The van der Waals surface area contributed by atoms with Crippen LogP contribution in [0.25, 0.3) is 0 Å². The van der Waals surface area contributed by atoms with E-state index in [2.05, 4.69) is 27.8 Å². The Morgan fingerprint density at radius 1 is 1.42 bits per heavy atom. The Kier molecular flexibility index (Phi) is 5.31. The van der Waals surface area contributed by atoms with Crippen molar-refractivity contribution < 1.29 is 9.59 Å². The zero-order chi connectivity index (χ0) is 9.56. The van der Waals surface area contributed by atoms with Crippen LogP contribution in [-0.4, -0.2) is 25.0 Å². The summed E-state index contributed by atoms with van der Waals surface area (Å²) in [5.74, 6) is -0.462. The molecule has 4 N–H and O–H groups in total. The average Bonchev–Trinajstić information content (AvgIpc) is 1.84. The summed E-state index contributed by atoms with van der Waals surface area (Å²) >= 11 is 3.10. The molecule has 0 aliphatic carbocycles. The number of carbonyl (C=O) groups excluding carboxylic acids is 2. The highest BCUT2D eigenvalue weighted by Gasteiger charge is 2.01. The molecule has 3 amide bonds. The van der Waals surface area contributed by atoms with Crippen molar-refractivity contribution in [1.29, 1.82) is 0 Å². The molecule has 6 heteroatoms. The van der Waals surface area contributed by atoms with Gasteiger partial charge < -0.3 is 11.1 Å². The van der Waals surface area contributed by atoms with E-state index in [1.807, 2.05) is 5.32 Å². The summed E-state index contributed by atoms with van der Waals surface area (Å²) in [6.45, 7) is 4.04. The molecule has 0 aliphatic heterocycles. The summed E-state index contributed by atoms with van der Waals surface area (Å²) in [5, 5.41) is 4.63. The molecule has 12 heavy (non-hydrogen) atoms. The van der Waals surface area contributed by atoms with E-state index >= 15 is 0 Å². The number of amides is 3. The van der Waals surface area contributed by atoms with Gasteiger partial charge >= 0.3 is 6.03 Å². The van der Waals surface area contributed by atoms with Crippen LogP contribution in [0.2, 0.25) is 0 Å². The summed E-state index contributed by atoms with van der Waals surface area (Å²) in [7, 11) is 0. The molecule has 0 saturated heterocycles. The number of imide groups is 1. The van der Waals surface area contributed by atoms with E-state index in [-0.39, 0.29) is 6.54 Å². The van der Waals surface area contributed by atoms with Gasteiger partial charge in [0.2, 0.25) is 5.91 Å². The molecule has 0 aromatic heterocycles. The third-order valence-corrected chi connectivity index (χ3v) is 1.15. The van der Waals surface area contributed by atoms with Crippen molar-refractivity contribution in [2.24, 2.45) is 5.73 Å². The van der Waals surface area contributed by atoms with E-state index in [0.29, 0.717) is 6.54 Å². The minimum atomic E-state index is -0.848. The highest BCUT2D eigenvalue weighted by Crippen LogP contribution is 1.95. The maximum absolute atomic E-state index is 10.7. The molecular weight excluding hydrogens is 226 g/mol. The lowest BCUT2D eigenvalue weighted by atomic mass is 10.5. The first-order valence-corrected chi connectivity index (χ1v) is 3.95. The Hall–Kier alpha value is -0.880. The predicted octanol–water partition coefficient (Wildman–Crippen LogP) is -0.321. The van der Waals surface area contributed by atoms with Gasteiger partial charge in [-0.3, -0.25) is 10.1 Å². The molecule has 0 spiro atoms. The van der Waals surface area contributed by atoms with Crippen molar-refractivity contribution in [2.75, 3.05) is 13.1 Å². The van der Waals surface area contributed by atoms with Crippen LogP contribution in [0, 0.1) is 0 Å². The fraction of sp³-hybridized carbons (Fsp3) is 0.333. The number of halogens is 1. The number of primary amides is 1. The average molecular weight is 236 g/mol. The number of rotatable bonds is 4. The maximum Gasteiger partial charge on any atom is 0.318 e. The van der Waals surface area contributed by atoms with E-state index in [1.54, 1.807) is 0 Å². The van der Waals surface area contributed by atoms with Crippen molar-refractivity contribution in [3.8, 4) is 0 Å². The molecule has 0 atom stereocenters. The van der Waals surface area contributed by atoms with Crippen LogP contribution in [0.3, 0.4) is 0 Å². The van der Waals surface area contributed by atoms with E-state index < -0.39 is 11.9 Å². The second-order valence-electron chi connectivity index (χ2n) is 2.03. The van der Waals surface area contributed by atoms with Crippen LogP contribution < -0.4 is 16.4 Å². The van der Waals surface area contributed by atoms with Crippen LogP contribution >= 0.6 is 15.9 Å². The maximum atomic E-state index is 10.7. The summed E-state index contributed by atoms with van der Waals surface area (Å²) < 4.78 is 0.731. The van der Waals surface area contributed by atoms with Crippen LogP contribution in [0.5, 0.6) is 0 Å². The molecule has 0 unspecified atom stereocenters. The quantitative estimate of drug-likeness (QED) is 0.625. The fourth-order valence-corrected chi connectivity index (χ4v) is 0.692. The molecule has 0 aromatic carbocycles. The molecule has 68 valence electrons. The Bertz CT molecular complexity index is 205. The fourth-order valence-electron chi connectivity index (χ4n) is 0.493. The number of hydrogen-bond donors (Lipinski definition) is 3. The van der Waals surface area contributed by atoms with Crippen LogP contribution in [0.1, 0.15) is 0 Å². The summed E-state index contributed by atoms with van der Waals surface area (Å²) in [6.07, 6.45) is 0. The van der Waals surface area contributed by atoms with Gasteiger partial charge in [-0.1, -0.05) is 22.5 Å². The van der Waals surface area contributed by atoms with Crippen molar-refractivity contribution in [3.63, 3.8) is 0 Å². The monoisotopic (exact) mass is 235 g/mol. The van der Waals surface area contributed by atoms with E-state index in [9.17, 15) is 9.59 Å². The van der Waals surface area contributed by atoms with Crippen LogP contribution in [0.15, 0.2) is 11.1 Å². The molecule has 0 heterocycles. The third-order valence-electron chi connectivity index (χ3n) is 0.865. The molecule has 0 saturated carbocycles. The lowest BCUT2D eigenvalue weighted by molar-refractivity contribution is -0.119. The normalized spacial score (nSPS) is 9.08. The first-order chi connectivity index (χ1) is 5.52. The van der Waals surface area contributed by atoms with E-state index in [1.165, 1.54) is 0 Å². The van der Waals surface area contributed by atoms with Gasteiger partial charge in [-0.05, 0) is 0 Å². The third kappa shape index (κ3) is 7.23. The highest BCUT2D eigenvalue weighted by molar-refractivity contribution is 9.11. The minimum Gasteiger partial charge on any atom is -0.351 e. The van der Waals surface area contributed by atoms with E-state index in [4.69, 9.17) is 5.73 Å². The zero-order valence-electron chi connectivity index (χ0n) is 6.39. The highest BCUT2D eigenvalue weighted by atomic mass is 79.9. The molecule has 0 aromatic rings. The Balaban J connectivity index is 3.44. The van der Waals surface area contributed by atoms with Gasteiger partial charge in [-0.25, -0.2) is 4.79 Å². The van der Waals surface area contributed by atoms with E-state index in [0.717, 1.165) is 4.48 Å². The molecule has 0 fully saturated rings. The first-order valence-electron chi connectivity index (χ1n) is 3.15. The number of nitrogens with two attached hydrogens (primary N) is 1. The molecule has 0 rings (SSSR count). The van der Waals surface area contributed by atoms with Crippen LogP contribution in [0.4, 0.5) is 4.79 Å². The summed E-state index contributed by atoms with van der Waals surface area (Å²) in [4.78, 5) is 20.9. The molecule has 0 radical (unpaired) electrons. The summed E-state index contributed by atoms with van der Waals surface area (Å²) in [6, 6.07) is -0.848. The summed E-state index contributed by atoms with van der Waals surface area (Å²) in [5.41, 5.74) is 4.70.